The number of hydrogen-bond donors (Lipinski definition) is 2. The monoisotopic (exact) mass is 290 g/mol. The first-order valence-corrected chi connectivity index (χ1v) is 7.09. The summed E-state index contributed by atoms with van der Waals surface area (Å²) in [5.41, 5.74) is 2.88. The van der Waals surface area contributed by atoms with E-state index in [1.807, 2.05) is 38.1 Å². The van der Waals surface area contributed by atoms with E-state index >= 15 is 0 Å². The number of halogens is 1. The summed E-state index contributed by atoms with van der Waals surface area (Å²) in [6.07, 6.45) is 1.03. The van der Waals surface area contributed by atoms with Crippen molar-refractivity contribution in [3.05, 3.63) is 40.5 Å². The quantitative estimate of drug-likeness (QED) is 0.861. The molecule has 2 N–H and O–H groups in total. The summed E-state index contributed by atoms with van der Waals surface area (Å²) in [6, 6.07) is 7.79. The van der Waals surface area contributed by atoms with Gasteiger partial charge in [-0.1, -0.05) is 24.6 Å². The van der Waals surface area contributed by atoms with Crippen LogP contribution in [-0.4, -0.2) is 16.5 Å². The average Bonchev–Trinajstić information content (AvgIpc) is 2.39. The molecule has 0 radical (unpaired) electrons. The zero-order chi connectivity index (χ0) is 14.5. The number of aromatic nitrogens is 2. The van der Waals surface area contributed by atoms with Crippen LogP contribution in [0.4, 0.5) is 17.5 Å². The van der Waals surface area contributed by atoms with Gasteiger partial charge in [-0.3, -0.25) is 0 Å². The highest BCUT2D eigenvalue weighted by molar-refractivity contribution is 6.33. The first kappa shape index (κ1) is 14.6. The minimum absolute atomic E-state index is 0.637. The van der Waals surface area contributed by atoms with Gasteiger partial charge in [0.25, 0.3) is 0 Å². The van der Waals surface area contributed by atoms with Gasteiger partial charge in [0.05, 0.1) is 10.7 Å². The molecule has 0 fully saturated rings. The molecule has 20 heavy (non-hydrogen) atoms. The molecule has 0 unspecified atom stereocenters. The maximum absolute atomic E-state index is 6.22. The number of hydrogen-bond acceptors (Lipinski definition) is 4. The predicted octanol–water partition coefficient (Wildman–Crippen LogP) is 4.31. The highest BCUT2D eigenvalue weighted by Gasteiger charge is 2.05. The molecular formula is C15H19ClN4. The third-order valence-corrected chi connectivity index (χ3v) is 3.09. The zero-order valence-electron chi connectivity index (χ0n) is 12.0. The molecule has 5 heteroatoms. The summed E-state index contributed by atoms with van der Waals surface area (Å²) in [5, 5.41) is 7.11. The maximum atomic E-state index is 6.22. The number of nitrogens with one attached hydrogen (secondary N) is 2. The van der Waals surface area contributed by atoms with Crippen molar-refractivity contribution in [2.24, 2.45) is 0 Å². The molecule has 0 atom stereocenters. The van der Waals surface area contributed by atoms with E-state index in [1.54, 1.807) is 0 Å². The fourth-order valence-electron chi connectivity index (χ4n) is 1.81. The molecular weight excluding hydrogens is 272 g/mol. The highest BCUT2D eigenvalue weighted by atomic mass is 35.5. The summed E-state index contributed by atoms with van der Waals surface area (Å²) in [6.45, 7) is 6.92. The summed E-state index contributed by atoms with van der Waals surface area (Å²) in [7, 11) is 0. The molecule has 2 aromatic rings. The lowest BCUT2D eigenvalue weighted by molar-refractivity contribution is 0.947. The predicted molar refractivity (Wildman–Crippen MR) is 85.0 cm³/mol. The Balaban J connectivity index is 2.21. The molecule has 1 heterocycles. The van der Waals surface area contributed by atoms with Gasteiger partial charge < -0.3 is 10.6 Å². The smallest absolute Gasteiger partial charge is 0.224 e. The van der Waals surface area contributed by atoms with Gasteiger partial charge in [0.1, 0.15) is 5.82 Å². The number of nitrogens with zero attached hydrogens (tertiary/aromatic N) is 2. The van der Waals surface area contributed by atoms with Crippen molar-refractivity contribution in [2.75, 3.05) is 17.2 Å². The number of benzene rings is 1. The standard InChI is InChI=1S/C15H19ClN4/c1-4-7-17-15-18-11(3)9-14(20-15)19-13-6-5-10(2)8-12(13)16/h5-6,8-9H,4,7H2,1-3H3,(H2,17,18,19,20). The van der Waals surface area contributed by atoms with Crippen LogP contribution >= 0.6 is 11.6 Å². The number of anilines is 3. The van der Waals surface area contributed by atoms with Gasteiger partial charge in [0, 0.05) is 18.3 Å². The van der Waals surface area contributed by atoms with Gasteiger partial charge in [-0.05, 0) is 38.0 Å². The van der Waals surface area contributed by atoms with Gasteiger partial charge in [-0.2, -0.15) is 4.98 Å². The molecule has 4 nitrogen and oxygen atoms in total. The fraction of sp³-hybridized carbons (Fsp3) is 0.333. The van der Waals surface area contributed by atoms with E-state index in [2.05, 4.69) is 27.5 Å². The van der Waals surface area contributed by atoms with E-state index in [1.165, 1.54) is 0 Å². The molecule has 2 rings (SSSR count). The van der Waals surface area contributed by atoms with Crippen molar-refractivity contribution in [3.63, 3.8) is 0 Å². The van der Waals surface area contributed by atoms with Gasteiger partial charge in [0.15, 0.2) is 0 Å². The highest BCUT2D eigenvalue weighted by Crippen LogP contribution is 2.26. The topological polar surface area (TPSA) is 49.8 Å². The Morgan fingerprint density at radius 1 is 1.15 bits per heavy atom. The van der Waals surface area contributed by atoms with Gasteiger partial charge >= 0.3 is 0 Å². The molecule has 0 saturated carbocycles. The lowest BCUT2D eigenvalue weighted by Crippen LogP contribution is -2.07. The van der Waals surface area contributed by atoms with Crippen LogP contribution < -0.4 is 10.6 Å². The minimum atomic E-state index is 0.637. The van der Waals surface area contributed by atoms with Crippen molar-refractivity contribution in [1.29, 1.82) is 0 Å². The van der Waals surface area contributed by atoms with E-state index in [4.69, 9.17) is 11.6 Å². The van der Waals surface area contributed by atoms with Crippen molar-refractivity contribution >= 4 is 29.1 Å². The average molecular weight is 291 g/mol. The molecule has 0 spiro atoms. The van der Waals surface area contributed by atoms with Crippen LogP contribution in [0.1, 0.15) is 24.6 Å². The Bertz CT molecular complexity index is 598. The van der Waals surface area contributed by atoms with Gasteiger partial charge in [-0.25, -0.2) is 4.98 Å². The second kappa shape index (κ2) is 6.57. The normalized spacial score (nSPS) is 10.4. The van der Waals surface area contributed by atoms with Crippen LogP contribution in [0.25, 0.3) is 0 Å². The van der Waals surface area contributed by atoms with E-state index in [-0.39, 0.29) is 0 Å². The molecule has 106 valence electrons. The largest absolute Gasteiger partial charge is 0.354 e. The summed E-state index contributed by atoms with van der Waals surface area (Å²) in [5.74, 6) is 1.37. The first-order valence-electron chi connectivity index (χ1n) is 6.71. The van der Waals surface area contributed by atoms with Crippen LogP contribution in [-0.2, 0) is 0 Å². The zero-order valence-corrected chi connectivity index (χ0v) is 12.8. The van der Waals surface area contributed by atoms with Crippen LogP contribution in [0.15, 0.2) is 24.3 Å². The molecule has 0 aliphatic rings. The van der Waals surface area contributed by atoms with Crippen LogP contribution in [0.2, 0.25) is 5.02 Å². The molecule has 0 amide bonds. The first-order chi connectivity index (χ1) is 9.58. The van der Waals surface area contributed by atoms with Crippen LogP contribution in [0.5, 0.6) is 0 Å². The number of aryl methyl sites for hydroxylation is 2. The molecule has 1 aromatic carbocycles. The third-order valence-electron chi connectivity index (χ3n) is 2.77. The summed E-state index contributed by atoms with van der Waals surface area (Å²) < 4.78 is 0. The van der Waals surface area contributed by atoms with Gasteiger partial charge in [0.2, 0.25) is 5.95 Å². The minimum Gasteiger partial charge on any atom is -0.354 e. The lowest BCUT2D eigenvalue weighted by atomic mass is 10.2. The molecule has 0 aliphatic heterocycles. The van der Waals surface area contributed by atoms with Crippen molar-refractivity contribution in [3.8, 4) is 0 Å². The van der Waals surface area contributed by atoms with Crippen LogP contribution in [0.3, 0.4) is 0 Å². The SMILES string of the molecule is CCCNc1nc(C)cc(Nc2ccc(C)cc2Cl)n1. The molecule has 0 saturated heterocycles. The molecule has 0 aliphatic carbocycles. The van der Waals surface area contributed by atoms with Crippen LogP contribution in [0, 0.1) is 13.8 Å². The summed E-state index contributed by atoms with van der Waals surface area (Å²) >= 11 is 6.22. The second-order valence-corrected chi connectivity index (χ2v) is 5.16. The van der Waals surface area contributed by atoms with E-state index < -0.39 is 0 Å². The molecule has 0 bridgehead atoms. The Hall–Kier alpha value is -1.81. The van der Waals surface area contributed by atoms with E-state index in [0.29, 0.717) is 11.0 Å². The van der Waals surface area contributed by atoms with E-state index in [0.717, 1.165) is 35.7 Å². The van der Waals surface area contributed by atoms with Crippen molar-refractivity contribution in [2.45, 2.75) is 27.2 Å². The summed E-state index contributed by atoms with van der Waals surface area (Å²) in [4.78, 5) is 8.79. The van der Waals surface area contributed by atoms with Gasteiger partial charge in [-0.15, -0.1) is 0 Å². The Morgan fingerprint density at radius 3 is 2.65 bits per heavy atom. The van der Waals surface area contributed by atoms with Crippen molar-refractivity contribution in [1.82, 2.24) is 9.97 Å². The Kier molecular flexibility index (Phi) is 4.79. The Labute approximate surface area is 124 Å². The van der Waals surface area contributed by atoms with E-state index in [9.17, 15) is 0 Å². The lowest BCUT2D eigenvalue weighted by Gasteiger charge is -2.11. The third kappa shape index (κ3) is 3.84. The molecule has 1 aromatic heterocycles. The number of rotatable bonds is 5. The fourth-order valence-corrected chi connectivity index (χ4v) is 2.09. The Morgan fingerprint density at radius 2 is 1.95 bits per heavy atom. The van der Waals surface area contributed by atoms with Crippen molar-refractivity contribution < 1.29 is 0 Å². The maximum Gasteiger partial charge on any atom is 0.224 e. The second-order valence-electron chi connectivity index (χ2n) is 4.75.